The number of nitrogens with one attached hydrogen (secondary N) is 3. The van der Waals surface area contributed by atoms with Gasteiger partial charge in [-0.3, -0.25) is 4.79 Å². The molecule has 3 aromatic rings. The number of amides is 1. The van der Waals surface area contributed by atoms with Gasteiger partial charge in [-0.2, -0.15) is 0 Å². The molecule has 1 aliphatic rings. The smallest absolute Gasteiger partial charge is 0.251 e. The maximum atomic E-state index is 12.5. The van der Waals surface area contributed by atoms with Crippen molar-refractivity contribution in [2.45, 2.75) is 18.9 Å². The molecular weight excluding hydrogens is 368 g/mol. The zero-order chi connectivity index (χ0) is 20.1. The van der Waals surface area contributed by atoms with Crippen molar-refractivity contribution in [3.05, 3.63) is 72.3 Å². The van der Waals surface area contributed by atoms with E-state index in [2.05, 4.69) is 20.6 Å². The summed E-state index contributed by atoms with van der Waals surface area (Å²) in [6, 6.07) is 15.1. The Balaban J connectivity index is 1.37. The van der Waals surface area contributed by atoms with Crippen LogP contribution in [0, 0.1) is 0 Å². The lowest BCUT2D eigenvalue weighted by atomic mass is 10.0. The van der Waals surface area contributed by atoms with E-state index in [0.29, 0.717) is 31.7 Å². The SMILES string of the molecule is CC1(COc2ccccc2)COc2ccc(C(=O)NCCc3cnc[nH]3)cc2N1. The van der Waals surface area contributed by atoms with E-state index in [4.69, 9.17) is 9.47 Å². The van der Waals surface area contributed by atoms with Crippen LogP contribution in [0.4, 0.5) is 5.69 Å². The molecule has 7 nitrogen and oxygen atoms in total. The van der Waals surface area contributed by atoms with Crippen molar-refractivity contribution in [3.8, 4) is 11.5 Å². The number of hydrogen-bond acceptors (Lipinski definition) is 5. The van der Waals surface area contributed by atoms with E-state index in [1.54, 1.807) is 18.6 Å². The van der Waals surface area contributed by atoms with Crippen LogP contribution in [0.3, 0.4) is 0 Å². The molecule has 0 aliphatic carbocycles. The van der Waals surface area contributed by atoms with Gasteiger partial charge in [-0.05, 0) is 37.3 Å². The maximum absolute atomic E-state index is 12.5. The Morgan fingerprint density at radius 2 is 2.14 bits per heavy atom. The number of aromatic amines is 1. The van der Waals surface area contributed by atoms with Crippen LogP contribution in [-0.2, 0) is 6.42 Å². The van der Waals surface area contributed by atoms with Crippen LogP contribution in [-0.4, -0.2) is 41.2 Å². The first-order valence-corrected chi connectivity index (χ1v) is 9.60. The molecule has 29 heavy (non-hydrogen) atoms. The second-order valence-electron chi connectivity index (χ2n) is 7.37. The fraction of sp³-hybridized carbons (Fsp3) is 0.273. The number of anilines is 1. The molecule has 1 unspecified atom stereocenters. The van der Waals surface area contributed by atoms with Crippen LogP contribution in [0.5, 0.6) is 11.5 Å². The van der Waals surface area contributed by atoms with Crippen molar-refractivity contribution in [1.82, 2.24) is 15.3 Å². The van der Waals surface area contributed by atoms with E-state index in [1.807, 2.05) is 49.4 Å². The van der Waals surface area contributed by atoms with Crippen LogP contribution in [0.2, 0.25) is 0 Å². The number of rotatable bonds is 7. The third-order valence-electron chi connectivity index (χ3n) is 4.76. The number of carbonyl (C=O) groups excluding carboxylic acids is 1. The fourth-order valence-electron chi connectivity index (χ4n) is 3.16. The monoisotopic (exact) mass is 392 g/mol. The molecule has 2 heterocycles. The average Bonchev–Trinajstić information content (AvgIpc) is 3.26. The molecule has 1 aromatic heterocycles. The number of imidazole rings is 1. The number of fused-ring (bicyclic) bond motifs is 1. The van der Waals surface area contributed by atoms with Crippen LogP contribution in [0.15, 0.2) is 61.1 Å². The van der Waals surface area contributed by atoms with Gasteiger partial charge in [0.25, 0.3) is 5.91 Å². The molecule has 3 N–H and O–H groups in total. The number of benzene rings is 2. The Bertz CT molecular complexity index is 959. The number of H-pyrrole nitrogens is 1. The van der Waals surface area contributed by atoms with Gasteiger partial charge in [-0.1, -0.05) is 18.2 Å². The maximum Gasteiger partial charge on any atom is 0.251 e. The van der Waals surface area contributed by atoms with E-state index in [1.165, 1.54) is 0 Å². The summed E-state index contributed by atoms with van der Waals surface area (Å²) in [6.45, 7) is 3.49. The first-order valence-electron chi connectivity index (χ1n) is 9.60. The molecule has 0 saturated carbocycles. The highest BCUT2D eigenvalue weighted by Gasteiger charge is 2.32. The molecule has 0 spiro atoms. The summed E-state index contributed by atoms with van der Waals surface area (Å²) in [4.78, 5) is 19.5. The molecular formula is C22H24N4O3. The number of aromatic nitrogens is 2. The lowest BCUT2D eigenvalue weighted by molar-refractivity contribution is 0.0954. The van der Waals surface area contributed by atoms with Gasteiger partial charge >= 0.3 is 0 Å². The number of carbonyl (C=O) groups is 1. The van der Waals surface area contributed by atoms with Crippen LogP contribution < -0.4 is 20.1 Å². The summed E-state index contributed by atoms with van der Waals surface area (Å²) in [5, 5.41) is 6.41. The van der Waals surface area contributed by atoms with Gasteiger partial charge in [0.05, 0.1) is 12.0 Å². The Morgan fingerprint density at radius 1 is 1.28 bits per heavy atom. The minimum atomic E-state index is -0.404. The Kier molecular flexibility index (Phi) is 5.37. The molecule has 2 aromatic carbocycles. The molecule has 150 valence electrons. The van der Waals surface area contributed by atoms with Gasteiger partial charge in [-0.25, -0.2) is 4.98 Å². The third-order valence-corrected chi connectivity index (χ3v) is 4.76. The third kappa shape index (κ3) is 4.68. The quantitative estimate of drug-likeness (QED) is 0.575. The molecule has 0 bridgehead atoms. The van der Waals surface area contributed by atoms with Crippen molar-refractivity contribution in [3.63, 3.8) is 0 Å². The minimum Gasteiger partial charge on any atom is -0.491 e. The van der Waals surface area contributed by atoms with Crippen molar-refractivity contribution in [2.24, 2.45) is 0 Å². The second-order valence-corrected chi connectivity index (χ2v) is 7.37. The summed E-state index contributed by atoms with van der Waals surface area (Å²) >= 11 is 0. The lowest BCUT2D eigenvalue weighted by Gasteiger charge is -2.36. The Morgan fingerprint density at radius 3 is 2.93 bits per heavy atom. The number of para-hydroxylation sites is 1. The number of nitrogens with zero attached hydrogens (tertiary/aromatic N) is 1. The number of hydrogen-bond donors (Lipinski definition) is 3. The van der Waals surface area contributed by atoms with E-state index >= 15 is 0 Å². The molecule has 1 amide bonds. The predicted molar refractivity (Wildman–Crippen MR) is 111 cm³/mol. The highest BCUT2D eigenvalue weighted by atomic mass is 16.5. The molecule has 0 saturated heterocycles. The van der Waals surface area contributed by atoms with Crippen molar-refractivity contribution in [2.75, 3.05) is 25.1 Å². The summed E-state index contributed by atoms with van der Waals surface area (Å²) < 4.78 is 11.8. The van der Waals surface area contributed by atoms with Gasteiger partial charge in [0.15, 0.2) is 0 Å². The van der Waals surface area contributed by atoms with E-state index in [-0.39, 0.29) is 5.91 Å². The molecule has 0 radical (unpaired) electrons. The Labute approximate surface area is 169 Å². The topological polar surface area (TPSA) is 88.3 Å². The summed E-state index contributed by atoms with van der Waals surface area (Å²) in [6.07, 6.45) is 4.09. The van der Waals surface area contributed by atoms with Gasteiger partial charge in [0.1, 0.15) is 30.3 Å². The standard InChI is InChI=1S/C22H24N4O3/c1-22(13-28-18-5-3-2-4-6-18)14-29-20-8-7-16(11-19(20)26-22)21(27)24-10-9-17-12-23-15-25-17/h2-8,11-12,15,26H,9-10,13-14H2,1H3,(H,23,25)(H,24,27). The summed E-state index contributed by atoms with van der Waals surface area (Å²) in [5.74, 6) is 1.42. The fourth-order valence-corrected chi connectivity index (χ4v) is 3.16. The highest BCUT2D eigenvalue weighted by Crippen LogP contribution is 2.33. The molecule has 4 rings (SSSR count). The highest BCUT2D eigenvalue weighted by molar-refractivity contribution is 5.95. The first kappa shape index (κ1) is 18.9. The van der Waals surface area contributed by atoms with Crippen LogP contribution in [0.25, 0.3) is 0 Å². The van der Waals surface area contributed by atoms with Gasteiger partial charge in [0.2, 0.25) is 0 Å². The second kappa shape index (κ2) is 8.26. The van der Waals surface area contributed by atoms with E-state index in [9.17, 15) is 4.79 Å². The van der Waals surface area contributed by atoms with Gasteiger partial charge in [-0.15, -0.1) is 0 Å². The van der Waals surface area contributed by atoms with Gasteiger partial charge < -0.3 is 25.1 Å². The summed E-state index contributed by atoms with van der Waals surface area (Å²) in [7, 11) is 0. The summed E-state index contributed by atoms with van der Waals surface area (Å²) in [5.41, 5.74) is 1.95. The van der Waals surface area contributed by atoms with Crippen molar-refractivity contribution < 1.29 is 14.3 Å². The van der Waals surface area contributed by atoms with Crippen molar-refractivity contribution >= 4 is 11.6 Å². The lowest BCUT2D eigenvalue weighted by Crippen LogP contribution is -2.48. The van der Waals surface area contributed by atoms with Crippen LogP contribution in [0.1, 0.15) is 23.0 Å². The zero-order valence-corrected chi connectivity index (χ0v) is 16.3. The minimum absolute atomic E-state index is 0.123. The molecule has 1 atom stereocenters. The Hall–Kier alpha value is -3.48. The normalized spacial score (nSPS) is 17.6. The van der Waals surface area contributed by atoms with Crippen LogP contribution >= 0.6 is 0 Å². The van der Waals surface area contributed by atoms with E-state index in [0.717, 1.165) is 22.9 Å². The van der Waals surface area contributed by atoms with Gasteiger partial charge in [0, 0.05) is 30.4 Å². The molecule has 1 aliphatic heterocycles. The average molecular weight is 392 g/mol. The van der Waals surface area contributed by atoms with Crippen molar-refractivity contribution in [1.29, 1.82) is 0 Å². The molecule has 0 fully saturated rings. The largest absolute Gasteiger partial charge is 0.491 e. The predicted octanol–water partition coefficient (Wildman–Crippen LogP) is 3.02. The molecule has 7 heteroatoms. The zero-order valence-electron chi connectivity index (χ0n) is 16.3. The number of ether oxygens (including phenoxy) is 2. The first-order chi connectivity index (χ1) is 14.1. The van der Waals surface area contributed by atoms with E-state index < -0.39 is 5.54 Å².